The van der Waals surface area contributed by atoms with Gasteiger partial charge < -0.3 is 26.2 Å². The number of anilines is 1. The van der Waals surface area contributed by atoms with Gasteiger partial charge in [-0.3, -0.25) is 15.0 Å². The molecule has 2 amide bonds. The second-order valence-corrected chi connectivity index (χ2v) is 13.9. The fourth-order valence-corrected chi connectivity index (χ4v) is 8.39. The van der Waals surface area contributed by atoms with E-state index in [4.69, 9.17) is 11.1 Å². The first-order valence-electron chi connectivity index (χ1n) is 15.1. The van der Waals surface area contributed by atoms with Gasteiger partial charge in [-0.25, -0.2) is 8.42 Å². The van der Waals surface area contributed by atoms with Crippen LogP contribution in [0.5, 0.6) is 0 Å². The molecule has 11 heteroatoms. The Kier molecular flexibility index (Phi) is 9.73. The first-order valence-corrected chi connectivity index (χ1v) is 16.6. The zero-order valence-electron chi connectivity index (χ0n) is 26.2. The normalized spacial score (nSPS) is 18.4. The zero-order valence-corrected chi connectivity index (χ0v) is 27.0. The molecule has 1 unspecified atom stereocenters. The predicted octanol–water partition coefficient (Wildman–Crippen LogP) is 3.57. The number of para-hydroxylation sites is 1. The minimum Gasteiger partial charge on any atom is -0.373 e. The van der Waals surface area contributed by atoms with E-state index in [-0.39, 0.29) is 22.7 Å². The SMILES string of the molecule is Cc1c(C)c(C)c(S(=O)(=O)c2ccccc2NC(C)C(=O)N2CCC[C@H]2C(=O)NCC2CCN(C(=N)N)CC2)c(C)c1C. The van der Waals surface area contributed by atoms with Gasteiger partial charge >= 0.3 is 0 Å². The lowest BCUT2D eigenvalue weighted by molar-refractivity contribution is -0.138. The van der Waals surface area contributed by atoms with Crippen LogP contribution in [0, 0.1) is 45.9 Å². The van der Waals surface area contributed by atoms with Crippen LogP contribution in [-0.4, -0.2) is 74.3 Å². The first kappa shape index (κ1) is 32.3. The molecule has 0 spiro atoms. The highest BCUT2D eigenvalue weighted by molar-refractivity contribution is 7.91. The predicted molar refractivity (Wildman–Crippen MR) is 169 cm³/mol. The number of benzene rings is 2. The van der Waals surface area contributed by atoms with Gasteiger partial charge in [0.2, 0.25) is 21.7 Å². The van der Waals surface area contributed by atoms with E-state index in [1.165, 1.54) is 0 Å². The maximum Gasteiger partial charge on any atom is 0.245 e. The van der Waals surface area contributed by atoms with Crippen LogP contribution < -0.4 is 16.4 Å². The molecule has 2 atom stereocenters. The summed E-state index contributed by atoms with van der Waals surface area (Å²) in [4.78, 5) is 30.7. The van der Waals surface area contributed by atoms with E-state index < -0.39 is 21.9 Å². The molecule has 2 aliphatic heterocycles. The molecule has 2 fully saturated rings. The number of nitrogens with zero attached hydrogens (tertiary/aromatic N) is 2. The maximum atomic E-state index is 14.1. The lowest BCUT2D eigenvalue weighted by atomic mass is 9.95. The second kappa shape index (κ2) is 13.0. The van der Waals surface area contributed by atoms with Crippen molar-refractivity contribution in [2.24, 2.45) is 11.7 Å². The molecule has 2 aromatic rings. The van der Waals surface area contributed by atoms with E-state index in [1.54, 1.807) is 36.1 Å². The topological polar surface area (TPSA) is 149 Å². The highest BCUT2D eigenvalue weighted by Crippen LogP contribution is 2.36. The van der Waals surface area contributed by atoms with Crippen LogP contribution in [0.4, 0.5) is 5.69 Å². The molecule has 0 aromatic heterocycles. The lowest BCUT2D eigenvalue weighted by Crippen LogP contribution is -2.51. The molecule has 2 aliphatic rings. The molecule has 10 nitrogen and oxygen atoms in total. The number of hydrogen-bond acceptors (Lipinski definition) is 6. The smallest absolute Gasteiger partial charge is 0.245 e. The molecular formula is C32H46N6O4S. The van der Waals surface area contributed by atoms with Gasteiger partial charge in [-0.1, -0.05) is 12.1 Å². The molecule has 234 valence electrons. The number of guanidine groups is 1. The zero-order chi connectivity index (χ0) is 31.6. The lowest BCUT2D eigenvalue weighted by Gasteiger charge is -2.33. The fraction of sp³-hybridized carbons (Fsp3) is 0.531. The Balaban J connectivity index is 1.47. The number of nitrogens with two attached hydrogens (primary N) is 1. The van der Waals surface area contributed by atoms with Gasteiger partial charge in [0.05, 0.1) is 15.5 Å². The fourth-order valence-electron chi connectivity index (χ4n) is 6.39. The highest BCUT2D eigenvalue weighted by atomic mass is 32.2. The van der Waals surface area contributed by atoms with Crippen molar-refractivity contribution in [3.05, 3.63) is 52.1 Å². The molecule has 5 N–H and O–H groups in total. The molecule has 4 rings (SSSR count). The van der Waals surface area contributed by atoms with Crippen LogP contribution in [0.3, 0.4) is 0 Å². The third kappa shape index (κ3) is 6.51. The van der Waals surface area contributed by atoms with Crippen molar-refractivity contribution in [1.29, 1.82) is 5.41 Å². The quantitative estimate of drug-likeness (QED) is 0.264. The summed E-state index contributed by atoms with van der Waals surface area (Å²) < 4.78 is 28.2. The third-order valence-corrected chi connectivity index (χ3v) is 11.6. The summed E-state index contributed by atoms with van der Waals surface area (Å²) in [5, 5.41) is 13.8. The summed E-state index contributed by atoms with van der Waals surface area (Å²) in [5.74, 6) is -0.0197. The Hall–Kier alpha value is -3.60. The number of amides is 2. The van der Waals surface area contributed by atoms with Gasteiger partial charge in [0.15, 0.2) is 5.96 Å². The number of nitrogens with one attached hydrogen (secondary N) is 3. The summed E-state index contributed by atoms with van der Waals surface area (Å²) in [7, 11) is -3.91. The van der Waals surface area contributed by atoms with E-state index in [1.807, 2.05) is 39.5 Å². The summed E-state index contributed by atoms with van der Waals surface area (Å²) in [5.41, 5.74) is 10.4. The van der Waals surface area contributed by atoms with Crippen LogP contribution in [0.15, 0.2) is 34.1 Å². The average Bonchev–Trinajstić information content (AvgIpc) is 3.48. The third-order valence-electron chi connectivity index (χ3n) is 9.48. The van der Waals surface area contributed by atoms with Crippen LogP contribution in [0.1, 0.15) is 60.4 Å². The van der Waals surface area contributed by atoms with Crippen LogP contribution in [0.2, 0.25) is 0 Å². The Labute approximate surface area is 255 Å². The van der Waals surface area contributed by atoms with Gasteiger partial charge in [0.1, 0.15) is 12.1 Å². The van der Waals surface area contributed by atoms with Gasteiger partial charge in [-0.15, -0.1) is 0 Å². The van der Waals surface area contributed by atoms with E-state index >= 15 is 0 Å². The first-order chi connectivity index (χ1) is 20.2. The Morgan fingerprint density at radius 2 is 1.53 bits per heavy atom. The number of hydrogen-bond donors (Lipinski definition) is 4. The number of rotatable bonds is 8. The van der Waals surface area contributed by atoms with Crippen molar-refractivity contribution in [3.63, 3.8) is 0 Å². The Morgan fingerprint density at radius 3 is 2.14 bits per heavy atom. The minimum atomic E-state index is -3.91. The monoisotopic (exact) mass is 610 g/mol. The number of piperidine rings is 1. The van der Waals surface area contributed by atoms with Crippen LogP contribution in [0.25, 0.3) is 0 Å². The molecule has 2 saturated heterocycles. The average molecular weight is 611 g/mol. The number of carbonyl (C=O) groups excluding carboxylic acids is 2. The van der Waals surface area contributed by atoms with Crippen molar-refractivity contribution in [1.82, 2.24) is 15.1 Å². The molecule has 0 bridgehead atoms. The van der Waals surface area contributed by atoms with Crippen molar-refractivity contribution in [2.75, 3.05) is 31.5 Å². The van der Waals surface area contributed by atoms with E-state index in [9.17, 15) is 18.0 Å². The molecule has 0 radical (unpaired) electrons. The van der Waals surface area contributed by atoms with Gasteiger partial charge in [0, 0.05) is 26.2 Å². The van der Waals surface area contributed by atoms with Gasteiger partial charge in [0.25, 0.3) is 0 Å². The molecule has 0 aliphatic carbocycles. The van der Waals surface area contributed by atoms with Crippen molar-refractivity contribution in [3.8, 4) is 0 Å². The summed E-state index contributed by atoms with van der Waals surface area (Å²) >= 11 is 0. The van der Waals surface area contributed by atoms with Gasteiger partial charge in [-0.2, -0.15) is 0 Å². The maximum absolute atomic E-state index is 14.1. The minimum absolute atomic E-state index is 0.0797. The van der Waals surface area contributed by atoms with E-state index in [0.29, 0.717) is 49.1 Å². The molecular weight excluding hydrogens is 564 g/mol. The van der Waals surface area contributed by atoms with Crippen LogP contribution >= 0.6 is 0 Å². The Morgan fingerprint density at radius 1 is 0.953 bits per heavy atom. The van der Waals surface area contributed by atoms with E-state index in [2.05, 4.69) is 10.6 Å². The molecule has 43 heavy (non-hydrogen) atoms. The van der Waals surface area contributed by atoms with Crippen molar-refractivity contribution in [2.45, 2.75) is 89.1 Å². The second-order valence-electron chi connectivity index (χ2n) is 12.1. The summed E-state index contributed by atoms with van der Waals surface area (Å²) in [6, 6.07) is 5.39. The number of carbonyl (C=O) groups is 2. The molecule has 2 heterocycles. The summed E-state index contributed by atoms with van der Waals surface area (Å²) in [6.45, 7) is 13.7. The highest BCUT2D eigenvalue weighted by Gasteiger charge is 2.37. The van der Waals surface area contributed by atoms with Gasteiger partial charge in [-0.05, 0) is 113 Å². The van der Waals surface area contributed by atoms with Crippen LogP contribution in [-0.2, 0) is 19.4 Å². The van der Waals surface area contributed by atoms with E-state index in [0.717, 1.165) is 47.1 Å². The molecule has 2 aromatic carbocycles. The summed E-state index contributed by atoms with van der Waals surface area (Å²) in [6.07, 6.45) is 3.00. The molecule has 0 saturated carbocycles. The number of likely N-dealkylation sites (tertiary alicyclic amines) is 2. The standard InChI is InChI=1S/C32H46N6O4S/c1-19-20(2)22(4)29(23(5)21(19)3)43(41,42)28-12-8-7-10-26(28)36-24(6)31(40)38-15-9-11-27(38)30(39)35-18-25-13-16-37(17-14-25)32(33)34/h7-8,10,12,24-25,27,36H,9,11,13-18H2,1-6H3,(H3,33,34)(H,35,39)/t24?,27-/m0/s1. The number of sulfone groups is 1. The van der Waals surface area contributed by atoms with Crippen molar-refractivity contribution >= 4 is 33.3 Å². The Bertz CT molecular complexity index is 1480. The largest absolute Gasteiger partial charge is 0.373 e. The van der Waals surface area contributed by atoms with Crippen molar-refractivity contribution < 1.29 is 18.0 Å².